The van der Waals surface area contributed by atoms with Gasteiger partial charge in [0, 0.05) is 20.6 Å². The Labute approximate surface area is 238 Å². The Balaban J connectivity index is 1.58. The SMILES string of the molecule is COc1ccc(C2(C(=O)N(CCCc3ccccc3)Cc3nc(C(=O)NS(=O)(=O)N(C)C)c(C#N)s3)CC2)cc1. The first-order valence-corrected chi connectivity index (χ1v) is 15.0. The molecule has 12 heteroatoms. The van der Waals surface area contributed by atoms with Gasteiger partial charge in [0.1, 0.15) is 21.7 Å². The first kappa shape index (κ1) is 29.2. The van der Waals surface area contributed by atoms with E-state index in [1.54, 1.807) is 12.0 Å². The predicted molar refractivity (Wildman–Crippen MR) is 151 cm³/mol. The van der Waals surface area contributed by atoms with Crippen LogP contribution < -0.4 is 9.46 Å². The second-order valence-electron chi connectivity index (χ2n) is 9.74. The summed E-state index contributed by atoms with van der Waals surface area (Å²) in [5.41, 5.74) is 1.15. The minimum atomic E-state index is -4.07. The van der Waals surface area contributed by atoms with E-state index in [9.17, 15) is 23.3 Å². The number of ether oxygens (including phenoxy) is 1. The van der Waals surface area contributed by atoms with Gasteiger partial charge in [-0.1, -0.05) is 42.5 Å². The lowest BCUT2D eigenvalue weighted by Crippen LogP contribution is -2.40. The molecule has 0 atom stereocenters. The third-order valence-electron chi connectivity index (χ3n) is 6.84. The van der Waals surface area contributed by atoms with Crippen LogP contribution in [0.1, 0.15) is 50.8 Å². The number of hydrogen-bond acceptors (Lipinski definition) is 8. The van der Waals surface area contributed by atoms with Gasteiger partial charge >= 0.3 is 10.2 Å². The Morgan fingerprint density at radius 3 is 2.38 bits per heavy atom. The largest absolute Gasteiger partial charge is 0.497 e. The van der Waals surface area contributed by atoms with E-state index in [1.807, 2.05) is 65.4 Å². The van der Waals surface area contributed by atoms with Crippen molar-refractivity contribution < 1.29 is 22.7 Å². The van der Waals surface area contributed by atoms with Crippen molar-refractivity contribution in [3.05, 3.63) is 81.3 Å². The highest BCUT2D eigenvalue weighted by Crippen LogP contribution is 2.50. The quantitative estimate of drug-likeness (QED) is 0.347. The fourth-order valence-corrected chi connectivity index (χ4v) is 5.80. The second-order valence-corrected chi connectivity index (χ2v) is 12.7. The molecule has 1 N–H and O–H groups in total. The maximum atomic E-state index is 14.0. The van der Waals surface area contributed by atoms with E-state index in [0.29, 0.717) is 36.6 Å². The van der Waals surface area contributed by atoms with E-state index in [-0.39, 0.29) is 23.0 Å². The van der Waals surface area contributed by atoms with Crippen LogP contribution in [-0.4, -0.2) is 62.2 Å². The molecular weight excluding hydrogens is 550 g/mol. The van der Waals surface area contributed by atoms with Crippen molar-refractivity contribution in [2.45, 2.75) is 37.6 Å². The van der Waals surface area contributed by atoms with Crippen LogP contribution in [0.15, 0.2) is 54.6 Å². The van der Waals surface area contributed by atoms with Gasteiger partial charge in [0.2, 0.25) is 5.91 Å². The maximum Gasteiger partial charge on any atom is 0.303 e. The standard InChI is InChI=1S/C28H31N5O5S2/c1-32(2)40(36,37)31-26(34)25-23(18-29)39-24(30-25)19-33(17-7-10-20-8-5-4-6-9-20)27(35)28(15-16-28)21-11-13-22(38-3)14-12-21/h4-6,8-9,11-14H,7,10,15-17,19H2,1-3H3,(H,31,34). The number of aromatic nitrogens is 1. The number of hydrogen-bond donors (Lipinski definition) is 1. The number of carbonyl (C=O) groups is 2. The van der Waals surface area contributed by atoms with Gasteiger partial charge < -0.3 is 9.64 Å². The molecule has 10 nitrogen and oxygen atoms in total. The molecule has 1 saturated carbocycles. The molecule has 2 amide bonds. The summed E-state index contributed by atoms with van der Waals surface area (Å²) in [5, 5.41) is 10.00. The van der Waals surface area contributed by atoms with Gasteiger partial charge in [0.25, 0.3) is 5.91 Å². The number of nitrogens with one attached hydrogen (secondary N) is 1. The zero-order valence-electron chi connectivity index (χ0n) is 22.6. The minimum Gasteiger partial charge on any atom is -0.497 e. The lowest BCUT2D eigenvalue weighted by atomic mass is 9.94. The van der Waals surface area contributed by atoms with Crippen LogP contribution in [0.2, 0.25) is 0 Å². The Hall–Kier alpha value is -3.79. The molecule has 0 bridgehead atoms. The molecule has 1 heterocycles. The van der Waals surface area contributed by atoms with Crippen molar-refractivity contribution in [2.24, 2.45) is 0 Å². The maximum absolute atomic E-state index is 14.0. The third kappa shape index (κ3) is 6.50. The van der Waals surface area contributed by atoms with Gasteiger partial charge in [0.15, 0.2) is 5.69 Å². The van der Waals surface area contributed by atoms with Crippen molar-refractivity contribution in [1.82, 2.24) is 18.9 Å². The highest BCUT2D eigenvalue weighted by Gasteiger charge is 2.53. The van der Waals surface area contributed by atoms with Crippen LogP contribution in [0.4, 0.5) is 0 Å². The average Bonchev–Trinajstić information content (AvgIpc) is 3.66. The van der Waals surface area contributed by atoms with Crippen LogP contribution in [0.5, 0.6) is 5.75 Å². The average molecular weight is 582 g/mol. The summed E-state index contributed by atoms with van der Waals surface area (Å²) in [6, 6.07) is 19.4. The number of nitriles is 1. The first-order valence-electron chi connectivity index (χ1n) is 12.7. The van der Waals surface area contributed by atoms with Crippen molar-refractivity contribution >= 4 is 33.4 Å². The summed E-state index contributed by atoms with van der Waals surface area (Å²) in [6.45, 7) is 0.544. The van der Waals surface area contributed by atoms with E-state index in [1.165, 1.54) is 14.1 Å². The minimum absolute atomic E-state index is 0.0190. The fourth-order valence-electron chi connectivity index (χ4n) is 4.42. The Bertz CT molecular complexity index is 1510. The summed E-state index contributed by atoms with van der Waals surface area (Å²) in [5.74, 6) is -0.326. The smallest absolute Gasteiger partial charge is 0.303 e. The molecule has 2 aromatic carbocycles. The molecule has 0 spiro atoms. The topological polar surface area (TPSA) is 133 Å². The normalized spacial score (nSPS) is 13.9. The molecule has 1 aliphatic carbocycles. The van der Waals surface area contributed by atoms with Crippen molar-refractivity contribution in [2.75, 3.05) is 27.7 Å². The molecule has 0 saturated heterocycles. The van der Waals surface area contributed by atoms with E-state index in [4.69, 9.17) is 4.74 Å². The zero-order valence-corrected chi connectivity index (χ0v) is 24.2. The van der Waals surface area contributed by atoms with Gasteiger partial charge in [0.05, 0.1) is 19.1 Å². The number of amides is 2. The summed E-state index contributed by atoms with van der Waals surface area (Å²) >= 11 is 0.978. The van der Waals surface area contributed by atoms with Gasteiger partial charge in [-0.25, -0.2) is 9.71 Å². The van der Waals surface area contributed by atoms with Gasteiger partial charge in [-0.05, 0) is 48.9 Å². The summed E-state index contributed by atoms with van der Waals surface area (Å²) in [4.78, 5) is 32.7. The molecule has 0 unspecified atom stereocenters. The van der Waals surface area contributed by atoms with Gasteiger partial charge in [-0.3, -0.25) is 9.59 Å². The molecule has 0 aliphatic heterocycles. The lowest BCUT2D eigenvalue weighted by Gasteiger charge is -2.27. The monoisotopic (exact) mass is 581 g/mol. The van der Waals surface area contributed by atoms with Crippen molar-refractivity contribution in [3.63, 3.8) is 0 Å². The molecule has 40 heavy (non-hydrogen) atoms. The van der Waals surface area contributed by atoms with Gasteiger partial charge in [-0.2, -0.15) is 18.0 Å². The second kappa shape index (κ2) is 12.2. The third-order valence-corrected chi connectivity index (χ3v) is 9.19. The predicted octanol–water partition coefficient (Wildman–Crippen LogP) is 3.25. The highest BCUT2D eigenvalue weighted by molar-refractivity contribution is 7.87. The molecule has 1 fully saturated rings. The zero-order chi connectivity index (χ0) is 28.9. The first-order chi connectivity index (χ1) is 19.1. The molecule has 1 aliphatic rings. The fraction of sp³-hybridized carbons (Fsp3) is 0.357. The Morgan fingerprint density at radius 1 is 1.12 bits per heavy atom. The van der Waals surface area contributed by atoms with Crippen LogP contribution >= 0.6 is 11.3 Å². The molecule has 0 radical (unpaired) electrons. The number of methoxy groups -OCH3 is 1. The molecule has 1 aromatic heterocycles. The Morgan fingerprint density at radius 2 is 1.80 bits per heavy atom. The number of carbonyl (C=O) groups excluding carboxylic acids is 2. The van der Waals surface area contributed by atoms with Crippen molar-refractivity contribution in [1.29, 1.82) is 5.26 Å². The summed E-state index contributed by atoms with van der Waals surface area (Å²) in [7, 11) is 0.0863. The highest BCUT2D eigenvalue weighted by atomic mass is 32.2. The van der Waals surface area contributed by atoms with Crippen molar-refractivity contribution in [3.8, 4) is 11.8 Å². The molecular formula is C28H31N5O5S2. The number of thiazole rings is 1. The van der Waals surface area contributed by atoms with E-state index in [0.717, 1.165) is 33.2 Å². The summed E-state index contributed by atoms with van der Waals surface area (Å²) in [6.07, 6.45) is 2.91. The van der Waals surface area contributed by atoms with E-state index < -0.39 is 21.5 Å². The number of nitrogens with zero attached hydrogens (tertiary/aromatic N) is 4. The number of aryl methyl sites for hydroxylation is 1. The molecule has 4 rings (SSSR count). The lowest BCUT2D eigenvalue weighted by molar-refractivity contribution is -0.134. The molecule has 210 valence electrons. The number of rotatable bonds is 12. The molecule has 3 aromatic rings. The number of benzene rings is 2. The van der Waals surface area contributed by atoms with Crippen LogP contribution in [-0.2, 0) is 33.4 Å². The van der Waals surface area contributed by atoms with Crippen LogP contribution in [0, 0.1) is 11.3 Å². The van der Waals surface area contributed by atoms with E-state index >= 15 is 0 Å². The van der Waals surface area contributed by atoms with Crippen LogP contribution in [0.25, 0.3) is 0 Å². The van der Waals surface area contributed by atoms with E-state index in [2.05, 4.69) is 4.98 Å². The summed E-state index contributed by atoms with van der Waals surface area (Å²) < 4.78 is 32.3. The Kier molecular flexibility index (Phi) is 8.88. The van der Waals surface area contributed by atoms with Gasteiger partial charge in [-0.15, -0.1) is 11.3 Å². The van der Waals surface area contributed by atoms with Crippen LogP contribution in [0.3, 0.4) is 0 Å².